The number of aromatic nitrogens is 3. The predicted octanol–water partition coefficient (Wildman–Crippen LogP) is 0.776. The van der Waals surface area contributed by atoms with Crippen LogP contribution in [0, 0.1) is 5.92 Å². The van der Waals surface area contributed by atoms with E-state index in [9.17, 15) is 4.79 Å². The Balaban J connectivity index is 1.81. The van der Waals surface area contributed by atoms with Crippen molar-refractivity contribution in [1.82, 2.24) is 19.9 Å². The zero-order valence-electron chi connectivity index (χ0n) is 11.6. The first-order valence-corrected chi connectivity index (χ1v) is 7.09. The van der Waals surface area contributed by atoms with E-state index in [1.807, 2.05) is 4.90 Å². The van der Waals surface area contributed by atoms with Crippen molar-refractivity contribution >= 4 is 5.91 Å². The van der Waals surface area contributed by atoms with Crippen LogP contribution in [0.1, 0.15) is 38.3 Å². The summed E-state index contributed by atoms with van der Waals surface area (Å²) in [5.74, 6) is 0.924. The van der Waals surface area contributed by atoms with Crippen LogP contribution < -0.4 is 5.73 Å². The molecular formula is C13H23N5O. The first-order chi connectivity index (χ1) is 9.22. The van der Waals surface area contributed by atoms with Crippen molar-refractivity contribution in [3.05, 3.63) is 11.9 Å². The second-order valence-electron chi connectivity index (χ2n) is 5.22. The van der Waals surface area contributed by atoms with Gasteiger partial charge in [0.2, 0.25) is 5.91 Å². The maximum Gasteiger partial charge on any atom is 0.244 e. The molecule has 106 valence electrons. The van der Waals surface area contributed by atoms with Gasteiger partial charge in [0, 0.05) is 19.6 Å². The summed E-state index contributed by atoms with van der Waals surface area (Å²) >= 11 is 0. The molecule has 0 unspecified atom stereocenters. The smallest absolute Gasteiger partial charge is 0.244 e. The molecule has 0 spiro atoms. The predicted molar refractivity (Wildman–Crippen MR) is 72.1 cm³/mol. The number of nitrogens with two attached hydrogens (primary N) is 1. The molecule has 0 saturated carbocycles. The van der Waals surface area contributed by atoms with E-state index in [0.717, 1.165) is 37.5 Å². The minimum Gasteiger partial charge on any atom is -0.341 e. The summed E-state index contributed by atoms with van der Waals surface area (Å²) in [4.78, 5) is 14.1. The molecule has 1 aliphatic heterocycles. The second kappa shape index (κ2) is 6.65. The van der Waals surface area contributed by atoms with Crippen molar-refractivity contribution in [3.8, 4) is 0 Å². The largest absolute Gasteiger partial charge is 0.341 e. The van der Waals surface area contributed by atoms with Gasteiger partial charge in [-0.05, 0) is 18.8 Å². The molecule has 2 rings (SSSR count). The number of piperidine rings is 1. The number of likely N-dealkylation sites (tertiary alicyclic amines) is 1. The quantitative estimate of drug-likeness (QED) is 0.853. The number of hydrogen-bond donors (Lipinski definition) is 1. The van der Waals surface area contributed by atoms with E-state index in [0.29, 0.717) is 6.54 Å². The van der Waals surface area contributed by atoms with Gasteiger partial charge in [-0.25, -0.2) is 4.68 Å². The first-order valence-electron chi connectivity index (χ1n) is 7.09. The summed E-state index contributed by atoms with van der Waals surface area (Å²) in [6.07, 6.45) is 6.52. The summed E-state index contributed by atoms with van der Waals surface area (Å²) in [6, 6.07) is 0. The molecule has 1 amide bonds. The molecule has 1 saturated heterocycles. The zero-order valence-corrected chi connectivity index (χ0v) is 11.6. The van der Waals surface area contributed by atoms with Gasteiger partial charge in [0.05, 0.1) is 11.9 Å². The molecule has 2 N–H and O–H groups in total. The van der Waals surface area contributed by atoms with Gasteiger partial charge in [0.25, 0.3) is 0 Å². The lowest BCUT2D eigenvalue weighted by Crippen LogP contribution is -2.40. The first kappa shape index (κ1) is 14.0. The van der Waals surface area contributed by atoms with Crippen molar-refractivity contribution in [3.63, 3.8) is 0 Å². The molecule has 0 bridgehead atoms. The fourth-order valence-corrected chi connectivity index (χ4v) is 2.63. The van der Waals surface area contributed by atoms with Gasteiger partial charge in [-0.3, -0.25) is 4.79 Å². The maximum absolute atomic E-state index is 12.1. The van der Waals surface area contributed by atoms with E-state index >= 15 is 0 Å². The van der Waals surface area contributed by atoms with Gasteiger partial charge in [-0.2, -0.15) is 0 Å². The second-order valence-corrected chi connectivity index (χ2v) is 5.22. The monoisotopic (exact) mass is 265 g/mol. The lowest BCUT2D eigenvalue weighted by atomic mass is 9.92. The third kappa shape index (κ3) is 3.76. The van der Waals surface area contributed by atoms with Crippen LogP contribution in [0.15, 0.2) is 6.20 Å². The Morgan fingerprint density at radius 2 is 2.21 bits per heavy atom. The molecule has 2 heterocycles. The highest BCUT2D eigenvalue weighted by Crippen LogP contribution is 2.21. The molecule has 0 radical (unpaired) electrons. The molecule has 6 nitrogen and oxygen atoms in total. The molecule has 1 aromatic heterocycles. The van der Waals surface area contributed by atoms with E-state index in [1.54, 1.807) is 10.9 Å². The van der Waals surface area contributed by atoms with Crippen LogP contribution in [0.5, 0.6) is 0 Å². The molecule has 19 heavy (non-hydrogen) atoms. The molecule has 0 atom stereocenters. The summed E-state index contributed by atoms with van der Waals surface area (Å²) in [5, 5.41) is 7.79. The number of amides is 1. The SMILES string of the molecule is CCCC1CCN(C(=O)Cn2cc(CN)nn2)CC1. The highest BCUT2D eigenvalue weighted by atomic mass is 16.2. The molecule has 1 aromatic rings. The third-order valence-corrected chi connectivity index (χ3v) is 3.76. The van der Waals surface area contributed by atoms with Crippen LogP contribution in [0.3, 0.4) is 0 Å². The summed E-state index contributed by atoms with van der Waals surface area (Å²) < 4.78 is 1.57. The van der Waals surface area contributed by atoms with Crippen molar-refractivity contribution < 1.29 is 4.79 Å². The summed E-state index contributed by atoms with van der Waals surface area (Å²) in [7, 11) is 0. The lowest BCUT2D eigenvalue weighted by Gasteiger charge is -2.31. The molecule has 0 aromatic carbocycles. The van der Waals surface area contributed by atoms with Crippen LogP contribution in [-0.2, 0) is 17.9 Å². The van der Waals surface area contributed by atoms with E-state index in [2.05, 4.69) is 17.2 Å². The third-order valence-electron chi connectivity index (χ3n) is 3.76. The molecular weight excluding hydrogens is 242 g/mol. The average Bonchev–Trinajstić information content (AvgIpc) is 2.87. The van der Waals surface area contributed by atoms with Gasteiger partial charge in [-0.15, -0.1) is 5.10 Å². The Labute approximate surface area is 113 Å². The maximum atomic E-state index is 12.1. The van der Waals surface area contributed by atoms with Crippen molar-refractivity contribution in [2.75, 3.05) is 13.1 Å². The highest BCUT2D eigenvalue weighted by Gasteiger charge is 2.22. The van der Waals surface area contributed by atoms with Gasteiger partial charge in [0.15, 0.2) is 0 Å². The average molecular weight is 265 g/mol. The van der Waals surface area contributed by atoms with Gasteiger partial charge >= 0.3 is 0 Å². The standard InChI is InChI=1S/C13H23N5O/c1-2-3-11-4-6-17(7-5-11)13(19)10-18-9-12(8-14)15-16-18/h9,11H,2-8,10,14H2,1H3. The molecule has 1 fully saturated rings. The normalized spacial score (nSPS) is 16.8. The minimum absolute atomic E-state index is 0.128. The Morgan fingerprint density at radius 3 is 2.79 bits per heavy atom. The van der Waals surface area contributed by atoms with Crippen LogP contribution >= 0.6 is 0 Å². The molecule has 6 heteroatoms. The number of rotatable bonds is 5. The van der Waals surface area contributed by atoms with E-state index in [1.165, 1.54) is 12.8 Å². The Kier molecular flexibility index (Phi) is 4.90. The number of hydrogen-bond acceptors (Lipinski definition) is 4. The van der Waals surface area contributed by atoms with Crippen molar-refractivity contribution in [2.24, 2.45) is 11.7 Å². The van der Waals surface area contributed by atoms with Crippen molar-refractivity contribution in [2.45, 2.75) is 45.7 Å². The number of carbonyl (C=O) groups is 1. The fraction of sp³-hybridized carbons (Fsp3) is 0.769. The number of nitrogens with zero attached hydrogens (tertiary/aromatic N) is 4. The van der Waals surface area contributed by atoms with Crippen LogP contribution in [0.2, 0.25) is 0 Å². The van der Waals surface area contributed by atoms with E-state index < -0.39 is 0 Å². The molecule has 0 aliphatic carbocycles. The molecule has 1 aliphatic rings. The van der Waals surface area contributed by atoms with Gasteiger partial charge in [0.1, 0.15) is 6.54 Å². The topological polar surface area (TPSA) is 77.0 Å². The zero-order chi connectivity index (χ0) is 13.7. The fourth-order valence-electron chi connectivity index (χ4n) is 2.63. The van der Waals surface area contributed by atoms with Crippen LogP contribution in [-0.4, -0.2) is 38.9 Å². The van der Waals surface area contributed by atoms with E-state index in [-0.39, 0.29) is 12.5 Å². The van der Waals surface area contributed by atoms with Gasteiger partial charge < -0.3 is 10.6 Å². The Bertz CT molecular complexity index is 409. The van der Waals surface area contributed by atoms with E-state index in [4.69, 9.17) is 5.73 Å². The van der Waals surface area contributed by atoms with Gasteiger partial charge in [-0.1, -0.05) is 25.0 Å². The summed E-state index contributed by atoms with van der Waals surface area (Å²) in [5.41, 5.74) is 6.19. The lowest BCUT2D eigenvalue weighted by molar-refractivity contribution is -0.133. The minimum atomic E-state index is 0.128. The van der Waals surface area contributed by atoms with Crippen LogP contribution in [0.4, 0.5) is 0 Å². The highest BCUT2D eigenvalue weighted by molar-refractivity contribution is 5.75. The Hall–Kier alpha value is -1.43. The summed E-state index contributed by atoms with van der Waals surface area (Å²) in [6.45, 7) is 4.60. The van der Waals surface area contributed by atoms with Crippen LogP contribution in [0.25, 0.3) is 0 Å². The Morgan fingerprint density at radius 1 is 1.47 bits per heavy atom. The van der Waals surface area contributed by atoms with Crippen molar-refractivity contribution in [1.29, 1.82) is 0 Å². The number of carbonyl (C=O) groups excluding carboxylic acids is 1.